The van der Waals surface area contributed by atoms with Crippen molar-refractivity contribution in [1.82, 2.24) is 5.43 Å². The highest BCUT2D eigenvalue weighted by Crippen LogP contribution is 2.43. The molecule has 0 aliphatic carbocycles. The number of nitrogens with one attached hydrogen (secondary N) is 1. The number of hydrogen-bond donors (Lipinski definition) is 3. The smallest absolute Gasteiger partial charge is 0.306 e. The Balaban J connectivity index is 1.96. The number of halogens is 1. The third-order valence-corrected chi connectivity index (χ3v) is 5.99. The molecule has 10 heteroatoms. The predicted molar refractivity (Wildman–Crippen MR) is 138 cm³/mol. The van der Waals surface area contributed by atoms with Crippen molar-refractivity contribution in [2.24, 2.45) is 10.8 Å². The van der Waals surface area contributed by atoms with Crippen LogP contribution in [0.2, 0.25) is 0 Å². The Hall–Kier alpha value is -2.95. The van der Waals surface area contributed by atoms with E-state index in [0.717, 1.165) is 4.47 Å². The maximum absolute atomic E-state index is 13.2. The molecule has 2 aromatic rings. The minimum atomic E-state index is -1.49. The monoisotopic (exact) mass is 561 g/mol. The number of aliphatic hydroxyl groups excluding tert-OH is 1. The molecule has 0 unspecified atom stereocenters. The van der Waals surface area contributed by atoms with Gasteiger partial charge < -0.3 is 19.3 Å². The van der Waals surface area contributed by atoms with Gasteiger partial charge in [-0.1, -0.05) is 28.1 Å². The normalized spacial score (nSPS) is 19.3. The maximum atomic E-state index is 13.2. The maximum Gasteiger partial charge on any atom is 0.306 e. The highest BCUT2D eigenvalue weighted by Gasteiger charge is 2.53. The van der Waals surface area contributed by atoms with Crippen molar-refractivity contribution in [2.75, 3.05) is 13.2 Å². The highest BCUT2D eigenvalue weighted by molar-refractivity contribution is 9.10. The summed E-state index contributed by atoms with van der Waals surface area (Å²) in [6.07, 6.45) is -0.333. The van der Waals surface area contributed by atoms with Crippen LogP contribution < -0.4 is 16.0 Å². The topological polar surface area (TPSA) is 132 Å². The second-order valence-electron chi connectivity index (χ2n) is 9.40. The third kappa shape index (κ3) is 6.83. The van der Waals surface area contributed by atoms with Crippen molar-refractivity contribution in [3.8, 4) is 5.75 Å². The summed E-state index contributed by atoms with van der Waals surface area (Å²) in [6, 6.07) is 14.4. The molecule has 1 heterocycles. The second kappa shape index (κ2) is 11.9. The van der Waals surface area contributed by atoms with Crippen LogP contribution >= 0.6 is 15.9 Å². The summed E-state index contributed by atoms with van der Waals surface area (Å²) in [7, 11) is 0. The van der Waals surface area contributed by atoms with E-state index in [4.69, 9.17) is 30.2 Å². The lowest BCUT2D eigenvalue weighted by molar-refractivity contribution is -0.155. The van der Waals surface area contributed by atoms with E-state index in [1.54, 1.807) is 45.0 Å². The van der Waals surface area contributed by atoms with E-state index < -0.39 is 29.1 Å². The third-order valence-electron chi connectivity index (χ3n) is 5.46. The highest BCUT2D eigenvalue weighted by atomic mass is 79.9. The number of amides is 1. The SMILES string of the molecule is CC(C)(C)OC(=O)CC[C@]1(C(=O)NN)N=C(c2ccc(OCCCO)cc2)O[C@H]1c1ccc(Br)cc1. The van der Waals surface area contributed by atoms with E-state index >= 15 is 0 Å². The van der Waals surface area contributed by atoms with E-state index in [0.29, 0.717) is 29.9 Å². The molecule has 4 N–H and O–H groups in total. The Morgan fingerprint density at radius 3 is 2.42 bits per heavy atom. The van der Waals surface area contributed by atoms with E-state index in [-0.39, 0.29) is 25.3 Å². The summed E-state index contributed by atoms with van der Waals surface area (Å²) in [5.74, 6) is 5.45. The van der Waals surface area contributed by atoms with E-state index in [1.165, 1.54) is 0 Å². The first-order valence-electron chi connectivity index (χ1n) is 11.7. The number of benzene rings is 2. The van der Waals surface area contributed by atoms with Crippen LogP contribution in [0.1, 0.15) is 57.3 Å². The van der Waals surface area contributed by atoms with Gasteiger partial charge in [-0.2, -0.15) is 0 Å². The van der Waals surface area contributed by atoms with Crippen LogP contribution in [0.4, 0.5) is 0 Å². The largest absolute Gasteiger partial charge is 0.494 e. The summed E-state index contributed by atoms with van der Waals surface area (Å²) < 4.78 is 18.2. The number of aliphatic hydroxyl groups is 1. The second-order valence-corrected chi connectivity index (χ2v) is 10.3. The summed E-state index contributed by atoms with van der Waals surface area (Å²) >= 11 is 3.42. The Morgan fingerprint density at radius 2 is 1.83 bits per heavy atom. The minimum absolute atomic E-state index is 0.0253. The minimum Gasteiger partial charge on any atom is -0.494 e. The summed E-state index contributed by atoms with van der Waals surface area (Å²) in [5, 5.41) is 8.93. The molecule has 2 atom stereocenters. The molecule has 0 aromatic heterocycles. The number of hydrogen-bond acceptors (Lipinski definition) is 8. The fourth-order valence-electron chi connectivity index (χ4n) is 3.82. The van der Waals surface area contributed by atoms with Crippen LogP contribution in [0.3, 0.4) is 0 Å². The molecule has 2 aromatic carbocycles. The number of nitrogens with two attached hydrogens (primary N) is 1. The fourth-order valence-corrected chi connectivity index (χ4v) is 4.08. The molecule has 9 nitrogen and oxygen atoms in total. The lowest BCUT2D eigenvalue weighted by atomic mass is 9.83. The van der Waals surface area contributed by atoms with Gasteiger partial charge >= 0.3 is 5.97 Å². The number of carbonyl (C=O) groups is 2. The molecule has 3 rings (SSSR count). The molecule has 0 radical (unpaired) electrons. The van der Waals surface area contributed by atoms with Gasteiger partial charge in [0.05, 0.1) is 6.61 Å². The number of nitrogens with zero attached hydrogens (tertiary/aromatic N) is 1. The van der Waals surface area contributed by atoms with Gasteiger partial charge in [0.15, 0.2) is 11.6 Å². The molecular weight excluding hydrogens is 530 g/mol. The standard InChI is InChI=1S/C26H32BrN3O6/c1-25(2,3)36-21(32)13-14-26(24(33)30-28)22(17-5-9-19(27)10-6-17)35-23(29-26)18-7-11-20(12-8-18)34-16-4-15-31/h5-12,22,31H,4,13-16,28H2,1-3H3,(H,30,33)/t22-,26-/m0/s1. The van der Waals surface area contributed by atoms with Crippen molar-refractivity contribution in [1.29, 1.82) is 0 Å². The van der Waals surface area contributed by atoms with Crippen molar-refractivity contribution < 1.29 is 28.9 Å². The molecule has 0 bridgehead atoms. The first-order chi connectivity index (χ1) is 17.1. The lowest BCUT2D eigenvalue weighted by Crippen LogP contribution is -2.51. The zero-order chi connectivity index (χ0) is 26.3. The predicted octanol–water partition coefficient (Wildman–Crippen LogP) is 3.58. The first kappa shape index (κ1) is 27.6. The summed E-state index contributed by atoms with van der Waals surface area (Å²) in [4.78, 5) is 30.5. The van der Waals surface area contributed by atoms with Gasteiger partial charge in [-0.05, 0) is 69.2 Å². The van der Waals surface area contributed by atoms with Gasteiger partial charge in [-0.3, -0.25) is 15.0 Å². The number of esters is 1. The Labute approximate surface area is 219 Å². The lowest BCUT2D eigenvalue weighted by Gasteiger charge is -2.30. The Morgan fingerprint density at radius 1 is 1.17 bits per heavy atom. The van der Waals surface area contributed by atoms with Gasteiger partial charge in [0.2, 0.25) is 5.90 Å². The molecule has 194 valence electrons. The van der Waals surface area contributed by atoms with Crippen LogP contribution in [0, 0.1) is 0 Å². The first-order valence-corrected chi connectivity index (χ1v) is 12.5. The van der Waals surface area contributed by atoms with E-state index in [1.807, 2.05) is 24.3 Å². The van der Waals surface area contributed by atoms with Crippen molar-refractivity contribution in [3.63, 3.8) is 0 Å². The molecule has 0 fully saturated rings. The van der Waals surface area contributed by atoms with Crippen LogP contribution in [-0.4, -0.2) is 47.2 Å². The van der Waals surface area contributed by atoms with Gasteiger partial charge in [0, 0.05) is 29.5 Å². The average molecular weight is 562 g/mol. The zero-order valence-corrected chi connectivity index (χ0v) is 22.2. The van der Waals surface area contributed by atoms with Crippen LogP contribution in [0.25, 0.3) is 0 Å². The van der Waals surface area contributed by atoms with E-state index in [2.05, 4.69) is 21.4 Å². The van der Waals surface area contributed by atoms with Gasteiger partial charge in [-0.15, -0.1) is 0 Å². The Kier molecular flexibility index (Phi) is 9.10. The number of hydrazine groups is 1. The quantitative estimate of drug-likeness (QED) is 0.133. The van der Waals surface area contributed by atoms with Gasteiger partial charge in [-0.25, -0.2) is 10.8 Å². The number of carbonyl (C=O) groups excluding carboxylic acids is 2. The molecule has 1 aliphatic rings. The average Bonchev–Trinajstić information content (AvgIpc) is 3.23. The van der Waals surface area contributed by atoms with Crippen LogP contribution in [-0.2, 0) is 19.1 Å². The van der Waals surface area contributed by atoms with Crippen LogP contribution in [0.15, 0.2) is 58.0 Å². The Bertz CT molecular complexity index is 1080. The molecule has 0 saturated carbocycles. The van der Waals surface area contributed by atoms with Crippen molar-refractivity contribution in [3.05, 3.63) is 64.1 Å². The zero-order valence-electron chi connectivity index (χ0n) is 20.6. The van der Waals surface area contributed by atoms with E-state index in [9.17, 15) is 9.59 Å². The van der Waals surface area contributed by atoms with Crippen molar-refractivity contribution in [2.45, 2.75) is 57.3 Å². The molecular formula is C26H32BrN3O6. The molecule has 1 aliphatic heterocycles. The summed E-state index contributed by atoms with van der Waals surface area (Å²) in [6.45, 7) is 5.79. The molecule has 0 spiro atoms. The molecule has 1 amide bonds. The van der Waals surface area contributed by atoms with Gasteiger partial charge in [0.1, 0.15) is 11.4 Å². The van der Waals surface area contributed by atoms with Gasteiger partial charge in [0.25, 0.3) is 5.91 Å². The number of ether oxygens (including phenoxy) is 3. The van der Waals surface area contributed by atoms with Crippen molar-refractivity contribution >= 4 is 33.7 Å². The molecule has 0 saturated heterocycles. The number of aliphatic imine (C=N–C) groups is 1. The molecule has 36 heavy (non-hydrogen) atoms. The fraction of sp³-hybridized carbons (Fsp3) is 0.423. The number of rotatable bonds is 10. The summed E-state index contributed by atoms with van der Waals surface area (Å²) in [5.41, 5.74) is 1.40. The van der Waals surface area contributed by atoms with Crippen LogP contribution in [0.5, 0.6) is 5.75 Å².